The van der Waals surface area contributed by atoms with Crippen LogP contribution in [-0.2, 0) is 4.57 Å². The number of aliphatic hydroxyl groups is 1. The summed E-state index contributed by atoms with van der Waals surface area (Å²) >= 11 is 10.3. The molecular formula is C9H10BrClO3PS+. The highest BCUT2D eigenvalue weighted by Gasteiger charge is 2.22. The molecule has 0 aliphatic carbocycles. The van der Waals surface area contributed by atoms with Crippen LogP contribution >= 0.6 is 46.1 Å². The predicted octanol–water partition coefficient (Wildman–Crippen LogP) is 4.25. The van der Waals surface area contributed by atoms with Gasteiger partial charge in [0.2, 0.25) is 5.75 Å². The van der Waals surface area contributed by atoms with Gasteiger partial charge in [0.05, 0.1) is 5.02 Å². The topological polar surface area (TPSA) is 46.5 Å². The minimum Gasteiger partial charge on any atom is -0.396 e. The number of aliphatic hydroxyl groups excluding tert-OH is 1. The molecule has 1 unspecified atom stereocenters. The van der Waals surface area contributed by atoms with Crippen LogP contribution in [0.5, 0.6) is 5.75 Å². The van der Waals surface area contributed by atoms with Crippen LogP contribution in [0.2, 0.25) is 5.02 Å². The van der Waals surface area contributed by atoms with Gasteiger partial charge >= 0.3 is 7.23 Å². The Morgan fingerprint density at radius 2 is 2.31 bits per heavy atom. The van der Waals surface area contributed by atoms with E-state index in [2.05, 4.69) is 15.9 Å². The maximum Gasteiger partial charge on any atom is 0.634 e. The SMILES string of the molecule is O=[P+](Oc1ccc(Br)cc1Cl)SCCCO. The fraction of sp³-hybridized carbons (Fsp3) is 0.333. The molecule has 0 saturated carbocycles. The zero-order chi connectivity index (χ0) is 12.0. The first-order chi connectivity index (χ1) is 7.63. The molecule has 0 fully saturated rings. The molecule has 0 aliphatic rings. The molecule has 0 amide bonds. The second-order valence-electron chi connectivity index (χ2n) is 2.80. The van der Waals surface area contributed by atoms with Crippen molar-refractivity contribution in [2.75, 3.05) is 12.4 Å². The number of halogens is 2. The van der Waals surface area contributed by atoms with Crippen molar-refractivity contribution in [1.82, 2.24) is 0 Å². The average Bonchev–Trinajstić information content (AvgIpc) is 2.23. The molecule has 0 aliphatic heterocycles. The first-order valence-corrected chi connectivity index (χ1v) is 8.41. The molecule has 1 aromatic rings. The number of hydrogen-bond acceptors (Lipinski definition) is 4. The molecule has 1 rings (SSSR count). The Morgan fingerprint density at radius 1 is 1.56 bits per heavy atom. The lowest BCUT2D eigenvalue weighted by molar-refractivity contribution is 0.296. The normalized spacial score (nSPS) is 11.3. The van der Waals surface area contributed by atoms with Crippen LogP contribution in [0.4, 0.5) is 0 Å². The molecule has 0 radical (unpaired) electrons. The Labute approximate surface area is 112 Å². The highest BCUT2D eigenvalue weighted by molar-refractivity contribution is 9.10. The van der Waals surface area contributed by atoms with Gasteiger partial charge in [0.25, 0.3) is 0 Å². The molecular weight excluding hydrogens is 334 g/mol. The molecule has 0 saturated heterocycles. The van der Waals surface area contributed by atoms with Crippen LogP contribution in [-0.4, -0.2) is 17.5 Å². The fourth-order valence-corrected chi connectivity index (χ4v) is 3.64. The second-order valence-corrected chi connectivity index (χ2v) is 7.09. The third kappa shape index (κ3) is 5.02. The lowest BCUT2D eigenvalue weighted by Gasteiger charge is -1.97. The molecule has 3 nitrogen and oxygen atoms in total. The van der Waals surface area contributed by atoms with E-state index in [1.807, 2.05) is 0 Å². The van der Waals surface area contributed by atoms with E-state index in [1.165, 1.54) is 11.4 Å². The summed E-state index contributed by atoms with van der Waals surface area (Å²) in [7, 11) is -1.84. The average molecular weight is 345 g/mol. The summed E-state index contributed by atoms with van der Waals surface area (Å²) in [5, 5.41) is 8.99. The standard InChI is InChI=1S/C9H10BrClO3PS/c10-7-2-3-9(8(11)6-7)14-15(13)16-5-1-4-12/h2-3,6,12H,1,4-5H2/q+1. The Morgan fingerprint density at radius 3 is 2.94 bits per heavy atom. The predicted molar refractivity (Wildman–Crippen MR) is 71.5 cm³/mol. The zero-order valence-corrected chi connectivity index (χ0v) is 12.3. The van der Waals surface area contributed by atoms with E-state index in [9.17, 15) is 4.57 Å². The van der Waals surface area contributed by atoms with Gasteiger partial charge in [-0.1, -0.05) is 27.5 Å². The number of benzene rings is 1. The Bertz CT molecular complexity index is 378. The van der Waals surface area contributed by atoms with Gasteiger partial charge in [-0.15, -0.1) is 0 Å². The summed E-state index contributed by atoms with van der Waals surface area (Å²) in [6.45, 7) is 0.0925. The first kappa shape index (κ1) is 14.3. The van der Waals surface area contributed by atoms with Gasteiger partial charge in [0.15, 0.2) is 11.4 Å². The van der Waals surface area contributed by atoms with E-state index < -0.39 is 7.23 Å². The zero-order valence-electron chi connectivity index (χ0n) is 8.23. The first-order valence-electron chi connectivity index (χ1n) is 4.47. The lowest BCUT2D eigenvalue weighted by Crippen LogP contribution is -1.85. The van der Waals surface area contributed by atoms with E-state index in [1.54, 1.807) is 18.2 Å². The van der Waals surface area contributed by atoms with E-state index in [-0.39, 0.29) is 6.61 Å². The monoisotopic (exact) mass is 343 g/mol. The second kappa shape index (κ2) is 7.51. The largest absolute Gasteiger partial charge is 0.634 e. The van der Waals surface area contributed by atoms with Gasteiger partial charge in [-0.25, -0.2) is 4.52 Å². The van der Waals surface area contributed by atoms with Gasteiger partial charge < -0.3 is 5.11 Å². The quantitative estimate of drug-likeness (QED) is 0.619. The summed E-state index contributed by atoms with van der Waals surface area (Å²) in [5.41, 5.74) is 0. The smallest absolute Gasteiger partial charge is 0.396 e. The van der Waals surface area contributed by atoms with E-state index in [0.717, 1.165) is 4.47 Å². The number of rotatable bonds is 6. The highest BCUT2D eigenvalue weighted by atomic mass is 79.9. The van der Waals surface area contributed by atoms with E-state index in [0.29, 0.717) is 22.9 Å². The van der Waals surface area contributed by atoms with Gasteiger partial charge in [-0.2, -0.15) is 0 Å². The Balaban J connectivity index is 2.49. The van der Waals surface area contributed by atoms with E-state index >= 15 is 0 Å². The summed E-state index contributed by atoms with van der Waals surface area (Å²) in [4.78, 5) is 0. The molecule has 1 aromatic carbocycles. The molecule has 16 heavy (non-hydrogen) atoms. The third-order valence-electron chi connectivity index (χ3n) is 1.57. The molecule has 1 N–H and O–H groups in total. The molecule has 1 atom stereocenters. The lowest BCUT2D eigenvalue weighted by atomic mass is 10.3. The summed E-state index contributed by atoms with van der Waals surface area (Å²) in [6.07, 6.45) is 0.600. The van der Waals surface area contributed by atoms with Crippen molar-refractivity contribution in [2.24, 2.45) is 0 Å². The van der Waals surface area contributed by atoms with E-state index in [4.69, 9.17) is 21.2 Å². The van der Waals surface area contributed by atoms with Crippen molar-refractivity contribution in [1.29, 1.82) is 0 Å². The van der Waals surface area contributed by atoms with Crippen LogP contribution < -0.4 is 4.52 Å². The summed E-state index contributed by atoms with van der Waals surface area (Å²) in [5.74, 6) is 1.00. The van der Waals surface area contributed by atoms with Crippen LogP contribution in [0.3, 0.4) is 0 Å². The third-order valence-corrected chi connectivity index (χ3v) is 4.79. The summed E-state index contributed by atoms with van der Waals surface area (Å²) < 4.78 is 17.5. The van der Waals surface area contributed by atoms with Crippen LogP contribution in [0.1, 0.15) is 6.42 Å². The van der Waals surface area contributed by atoms with Crippen molar-refractivity contribution < 1.29 is 14.2 Å². The van der Waals surface area contributed by atoms with Crippen molar-refractivity contribution in [3.8, 4) is 5.75 Å². The minimum atomic E-state index is -1.84. The molecule has 0 aromatic heterocycles. The van der Waals surface area contributed by atoms with Gasteiger partial charge in [-0.05, 0) is 29.2 Å². The van der Waals surface area contributed by atoms with Crippen LogP contribution in [0, 0.1) is 0 Å². The van der Waals surface area contributed by atoms with Crippen molar-refractivity contribution in [3.05, 3.63) is 27.7 Å². The Kier molecular flexibility index (Phi) is 6.70. The fourth-order valence-electron chi connectivity index (χ4n) is 0.860. The van der Waals surface area contributed by atoms with Crippen molar-refractivity contribution in [3.63, 3.8) is 0 Å². The minimum absolute atomic E-state index is 0.0925. The van der Waals surface area contributed by atoms with Crippen molar-refractivity contribution >= 4 is 46.1 Å². The van der Waals surface area contributed by atoms with Gasteiger partial charge in [0, 0.05) is 16.8 Å². The van der Waals surface area contributed by atoms with Gasteiger partial charge in [0.1, 0.15) is 0 Å². The molecule has 7 heteroatoms. The Hall–Kier alpha value is 0.200. The summed E-state index contributed by atoms with van der Waals surface area (Å²) in [6, 6.07) is 5.10. The molecule has 0 spiro atoms. The van der Waals surface area contributed by atoms with Crippen LogP contribution in [0.25, 0.3) is 0 Å². The highest BCUT2D eigenvalue weighted by Crippen LogP contribution is 2.42. The molecule has 0 heterocycles. The van der Waals surface area contributed by atoms with Gasteiger partial charge in [-0.3, -0.25) is 0 Å². The number of hydrogen-bond donors (Lipinski definition) is 1. The van der Waals surface area contributed by atoms with Crippen molar-refractivity contribution in [2.45, 2.75) is 6.42 Å². The maximum absolute atomic E-state index is 11.5. The maximum atomic E-state index is 11.5. The van der Waals surface area contributed by atoms with Crippen LogP contribution in [0.15, 0.2) is 22.7 Å². The molecule has 0 bridgehead atoms. The molecule has 88 valence electrons.